The highest BCUT2D eigenvalue weighted by Gasteiger charge is 2.11. The quantitative estimate of drug-likeness (QED) is 0.821. The number of carbonyl (C=O) groups excluding carboxylic acids is 1. The first-order valence-electron chi connectivity index (χ1n) is 5.66. The van der Waals surface area contributed by atoms with Crippen molar-refractivity contribution in [2.75, 3.05) is 14.2 Å². The van der Waals surface area contributed by atoms with E-state index in [4.69, 9.17) is 14.6 Å². The number of aryl methyl sites for hydroxylation is 1. The Bertz CT molecular complexity index is 429. The third-order valence-electron chi connectivity index (χ3n) is 2.67. The van der Waals surface area contributed by atoms with Crippen molar-refractivity contribution in [1.29, 1.82) is 0 Å². The Morgan fingerprint density at radius 1 is 1.33 bits per heavy atom. The third kappa shape index (κ3) is 3.37. The van der Waals surface area contributed by atoms with Crippen molar-refractivity contribution in [2.45, 2.75) is 26.5 Å². The zero-order valence-electron chi connectivity index (χ0n) is 11.1. The number of hydrogen-bond donors (Lipinski definition) is 2. The molecule has 0 saturated carbocycles. The Hall–Kier alpha value is -1.75. The van der Waals surface area contributed by atoms with Crippen LogP contribution < -0.4 is 14.8 Å². The largest absolute Gasteiger partial charge is 0.493 e. The average Bonchev–Trinajstić information content (AvgIpc) is 2.36. The van der Waals surface area contributed by atoms with Gasteiger partial charge in [0.1, 0.15) is 6.10 Å². The van der Waals surface area contributed by atoms with Gasteiger partial charge < -0.3 is 19.9 Å². The van der Waals surface area contributed by atoms with E-state index in [0.29, 0.717) is 18.0 Å². The van der Waals surface area contributed by atoms with E-state index in [9.17, 15) is 4.79 Å². The lowest BCUT2D eigenvalue weighted by molar-refractivity contribution is -0.128. The van der Waals surface area contributed by atoms with Crippen LogP contribution in [0.15, 0.2) is 12.1 Å². The minimum atomic E-state index is -1.01. The molecule has 1 aromatic rings. The van der Waals surface area contributed by atoms with Gasteiger partial charge in [-0.05, 0) is 37.1 Å². The number of methoxy groups -OCH3 is 2. The standard InChI is InChI=1S/C13H19NO4/c1-8-5-11(17-3)12(18-4)6-10(8)7-14-13(16)9(2)15/h5-6,9,15H,7H2,1-4H3,(H,14,16). The Morgan fingerprint density at radius 2 is 1.89 bits per heavy atom. The van der Waals surface area contributed by atoms with Crippen LogP contribution >= 0.6 is 0 Å². The smallest absolute Gasteiger partial charge is 0.248 e. The fourth-order valence-electron chi connectivity index (χ4n) is 1.54. The van der Waals surface area contributed by atoms with E-state index in [1.54, 1.807) is 14.2 Å². The molecule has 0 aliphatic rings. The first kappa shape index (κ1) is 14.3. The second-order valence-corrected chi connectivity index (χ2v) is 4.03. The molecule has 1 amide bonds. The number of nitrogens with one attached hydrogen (secondary N) is 1. The van der Waals surface area contributed by atoms with E-state index in [1.165, 1.54) is 6.92 Å². The van der Waals surface area contributed by atoms with E-state index < -0.39 is 12.0 Å². The number of amides is 1. The van der Waals surface area contributed by atoms with Crippen LogP contribution in [0.5, 0.6) is 11.5 Å². The molecule has 1 atom stereocenters. The van der Waals surface area contributed by atoms with Crippen molar-refractivity contribution in [3.8, 4) is 11.5 Å². The number of hydrogen-bond acceptors (Lipinski definition) is 4. The SMILES string of the molecule is COc1cc(C)c(CNC(=O)C(C)O)cc1OC. The van der Waals surface area contributed by atoms with Crippen LogP contribution in [0, 0.1) is 6.92 Å². The number of ether oxygens (including phenoxy) is 2. The number of aliphatic hydroxyl groups excluding tert-OH is 1. The first-order chi connectivity index (χ1) is 8.49. The van der Waals surface area contributed by atoms with Gasteiger partial charge in [0.2, 0.25) is 5.91 Å². The van der Waals surface area contributed by atoms with Gasteiger partial charge in [0.15, 0.2) is 11.5 Å². The number of rotatable bonds is 5. The summed E-state index contributed by atoms with van der Waals surface area (Å²) in [6, 6.07) is 3.67. The van der Waals surface area contributed by atoms with Gasteiger partial charge in [-0.3, -0.25) is 4.79 Å². The van der Waals surface area contributed by atoms with E-state index in [1.807, 2.05) is 19.1 Å². The van der Waals surface area contributed by atoms with Gasteiger partial charge in [-0.15, -0.1) is 0 Å². The molecule has 0 spiro atoms. The van der Waals surface area contributed by atoms with Crippen LogP contribution in [0.1, 0.15) is 18.1 Å². The Balaban J connectivity index is 2.86. The Morgan fingerprint density at radius 3 is 2.39 bits per heavy atom. The summed E-state index contributed by atoms with van der Waals surface area (Å²) in [7, 11) is 3.14. The van der Waals surface area contributed by atoms with Gasteiger partial charge in [0.25, 0.3) is 0 Å². The van der Waals surface area contributed by atoms with Gasteiger partial charge >= 0.3 is 0 Å². The average molecular weight is 253 g/mol. The molecule has 0 aliphatic carbocycles. The molecule has 18 heavy (non-hydrogen) atoms. The zero-order valence-corrected chi connectivity index (χ0v) is 11.1. The zero-order chi connectivity index (χ0) is 13.7. The molecule has 0 fully saturated rings. The van der Waals surface area contributed by atoms with Crippen LogP contribution in [0.3, 0.4) is 0 Å². The molecular weight excluding hydrogens is 234 g/mol. The molecule has 0 saturated heterocycles. The molecule has 2 N–H and O–H groups in total. The highest BCUT2D eigenvalue weighted by molar-refractivity contribution is 5.80. The summed E-state index contributed by atoms with van der Waals surface area (Å²) < 4.78 is 10.4. The van der Waals surface area contributed by atoms with E-state index in [-0.39, 0.29) is 0 Å². The number of carbonyl (C=O) groups is 1. The molecule has 1 aromatic carbocycles. The fraction of sp³-hybridized carbons (Fsp3) is 0.462. The molecule has 0 bridgehead atoms. The summed E-state index contributed by atoms with van der Waals surface area (Å²) in [6.45, 7) is 3.69. The predicted octanol–water partition coefficient (Wildman–Crippen LogP) is 1.01. The second-order valence-electron chi connectivity index (χ2n) is 4.03. The third-order valence-corrected chi connectivity index (χ3v) is 2.67. The number of aliphatic hydroxyl groups is 1. The molecule has 0 aliphatic heterocycles. The monoisotopic (exact) mass is 253 g/mol. The number of benzene rings is 1. The van der Waals surface area contributed by atoms with Crippen molar-refractivity contribution >= 4 is 5.91 Å². The summed E-state index contributed by atoms with van der Waals surface area (Å²) in [5, 5.41) is 11.7. The van der Waals surface area contributed by atoms with E-state index >= 15 is 0 Å². The summed E-state index contributed by atoms with van der Waals surface area (Å²) >= 11 is 0. The minimum absolute atomic E-state index is 0.343. The van der Waals surface area contributed by atoms with Crippen LogP contribution in [0.25, 0.3) is 0 Å². The van der Waals surface area contributed by atoms with Gasteiger partial charge in [0, 0.05) is 6.54 Å². The molecular formula is C13H19NO4. The maximum atomic E-state index is 11.3. The van der Waals surface area contributed by atoms with Gasteiger partial charge in [-0.1, -0.05) is 0 Å². The van der Waals surface area contributed by atoms with Crippen LogP contribution in [0.2, 0.25) is 0 Å². The maximum absolute atomic E-state index is 11.3. The van der Waals surface area contributed by atoms with Crippen LogP contribution in [-0.4, -0.2) is 31.3 Å². The Kier molecular flexibility index (Phi) is 4.97. The van der Waals surface area contributed by atoms with Gasteiger partial charge in [-0.2, -0.15) is 0 Å². The topological polar surface area (TPSA) is 67.8 Å². The lowest BCUT2D eigenvalue weighted by Gasteiger charge is -2.13. The van der Waals surface area contributed by atoms with Crippen molar-refractivity contribution in [3.63, 3.8) is 0 Å². The van der Waals surface area contributed by atoms with Crippen molar-refractivity contribution in [2.24, 2.45) is 0 Å². The van der Waals surface area contributed by atoms with Crippen molar-refractivity contribution in [1.82, 2.24) is 5.32 Å². The molecule has 1 unspecified atom stereocenters. The molecule has 5 nitrogen and oxygen atoms in total. The Labute approximate surface area is 107 Å². The predicted molar refractivity (Wildman–Crippen MR) is 67.8 cm³/mol. The van der Waals surface area contributed by atoms with Gasteiger partial charge in [0.05, 0.1) is 14.2 Å². The van der Waals surface area contributed by atoms with Crippen LogP contribution in [0.4, 0.5) is 0 Å². The molecule has 0 heterocycles. The summed E-state index contributed by atoms with van der Waals surface area (Å²) in [5.41, 5.74) is 1.90. The lowest BCUT2D eigenvalue weighted by Crippen LogP contribution is -2.32. The summed E-state index contributed by atoms with van der Waals surface area (Å²) in [5.74, 6) is 0.870. The first-order valence-corrected chi connectivity index (χ1v) is 5.66. The van der Waals surface area contributed by atoms with E-state index in [0.717, 1.165) is 11.1 Å². The minimum Gasteiger partial charge on any atom is -0.493 e. The molecule has 1 rings (SSSR count). The molecule has 0 aromatic heterocycles. The van der Waals surface area contributed by atoms with Crippen molar-refractivity contribution < 1.29 is 19.4 Å². The van der Waals surface area contributed by atoms with Crippen molar-refractivity contribution in [3.05, 3.63) is 23.3 Å². The van der Waals surface area contributed by atoms with E-state index in [2.05, 4.69) is 5.32 Å². The fourth-order valence-corrected chi connectivity index (χ4v) is 1.54. The normalized spacial score (nSPS) is 11.8. The van der Waals surface area contributed by atoms with Gasteiger partial charge in [-0.25, -0.2) is 0 Å². The summed E-state index contributed by atoms with van der Waals surface area (Å²) in [6.07, 6.45) is -1.01. The molecule has 0 radical (unpaired) electrons. The van der Waals surface area contributed by atoms with Crippen LogP contribution in [-0.2, 0) is 11.3 Å². The summed E-state index contributed by atoms with van der Waals surface area (Å²) in [4.78, 5) is 11.3. The highest BCUT2D eigenvalue weighted by Crippen LogP contribution is 2.30. The molecule has 5 heteroatoms. The maximum Gasteiger partial charge on any atom is 0.248 e. The lowest BCUT2D eigenvalue weighted by atomic mass is 10.1. The second kappa shape index (κ2) is 6.26. The highest BCUT2D eigenvalue weighted by atomic mass is 16.5. The molecule has 100 valence electrons.